The molecule has 3 aromatic carbocycles. The van der Waals surface area contributed by atoms with E-state index in [4.69, 9.17) is 4.74 Å². The number of anilines is 1. The minimum atomic E-state index is -0.144. The van der Waals surface area contributed by atoms with Gasteiger partial charge in [0.2, 0.25) is 0 Å². The van der Waals surface area contributed by atoms with Crippen molar-refractivity contribution in [2.75, 3.05) is 5.32 Å². The molecule has 0 atom stereocenters. The summed E-state index contributed by atoms with van der Waals surface area (Å²) < 4.78 is 5.97. The van der Waals surface area contributed by atoms with E-state index in [0.717, 1.165) is 41.3 Å². The Morgan fingerprint density at radius 2 is 1.81 bits per heavy atom. The summed E-state index contributed by atoms with van der Waals surface area (Å²) in [6.45, 7) is 2.61. The number of carbonyl (C=O) groups excluding carboxylic acids is 1. The van der Waals surface area contributed by atoms with E-state index in [2.05, 4.69) is 17.2 Å². The number of unbranched alkanes of at least 4 members (excludes halogenated alkanes) is 1. The lowest BCUT2D eigenvalue weighted by atomic mass is 10.0. The van der Waals surface area contributed by atoms with Crippen molar-refractivity contribution in [1.82, 2.24) is 4.98 Å². The third-order valence-corrected chi connectivity index (χ3v) is 5.25. The molecule has 0 aliphatic heterocycles. The SMILES string of the molecule is CCCCc1ccc(OCc2ccccc2)cc1C(=O)Nc1cccc2cccnc12. The first-order chi connectivity index (χ1) is 15.2. The van der Waals surface area contributed by atoms with Crippen LogP contribution >= 0.6 is 0 Å². The minimum Gasteiger partial charge on any atom is -0.489 e. The molecule has 1 N–H and O–H groups in total. The maximum absolute atomic E-state index is 13.3. The van der Waals surface area contributed by atoms with Crippen LogP contribution in [0, 0.1) is 0 Å². The zero-order valence-corrected chi connectivity index (χ0v) is 17.7. The number of benzene rings is 3. The molecular weight excluding hydrogens is 384 g/mol. The Bertz CT molecular complexity index is 1170. The van der Waals surface area contributed by atoms with Gasteiger partial charge in [-0.15, -0.1) is 0 Å². The lowest BCUT2D eigenvalue weighted by Crippen LogP contribution is -2.15. The van der Waals surface area contributed by atoms with E-state index in [1.807, 2.05) is 78.9 Å². The molecule has 0 unspecified atom stereocenters. The summed E-state index contributed by atoms with van der Waals surface area (Å²) in [5.41, 5.74) is 4.25. The number of aryl methyl sites for hydroxylation is 1. The van der Waals surface area contributed by atoms with Crippen LogP contribution < -0.4 is 10.1 Å². The summed E-state index contributed by atoms with van der Waals surface area (Å²) in [5.74, 6) is 0.541. The summed E-state index contributed by atoms with van der Waals surface area (Å²) in [7, 11) is 0. The number of amides is 1. The molecule has 156 valence electrons. The zero-order chi connectivity index (χ0) is 21.5. The van der Waals surface area contributed by atoms with Crippen LogP contribution in [0.25, 0.3) is 10.9 Å². The Hall–Kier alpha value is -3.66. The number of pyridine rings is 1. The fourth-order valence-corrected chi connectivity index (χ4v) is 3.58. The van der Waals surface area contributed by atoms with Crippen LogP contribution in [0.1, 0.15) is 41.3 Å². The van der Waals surface area contributed by atoms with Crippen LogP contribution in [0.5, 0.6) is 5.75 Å². The first kappa shape index (κ1) is 20.6. The van der Waals surface area contributed by atoms with Crippen molar-refractivity contribution in [2.45, 2.75) is 32.8 Å². The molecule has 0 saturated carbocycles. The summed E-state index contributed by atoms with van der Waals surface area (Å²) in [4.78, 5) is 17.7. The molecule has 4 heteroatoms. The monoisotopic (exact) mass is 410 g/mol. The van der Waals surface area contributed by atoms with E-state index in [0.29, 0.717) is 23.6 Å². The van der Waals surface area contributed by atoms with Crippen LogP contribution in [0.3, 0.4) is 0 Å². The van der Waals surface area contributed by atoms with Gasteiger partial charge in [-0.05, 0) is 48.2 Å². The van der Waals surface area contributed by atoms with Gasteiger partial charge in [-0.3, -0.25) is 9.78 Å². The first-order valence-electron chi connectivity index (χ1n) is 10.7. The smallest absolute Gasteiger partial charge is 0.256 e. The second-order valence-corrected chi connectivity index (χ2v) is 7.53. The second-order valence-electron chi connectivity index (χ2n) is 7.53. The molecule has 4 aromatic rings. The van der Waals surface area contributed by atoms with Crippen LogP contribution in [-0.4, -0.2) is 10.9 Å². The van der Waals surface area contributed by atoms with Crippen molar-refractivity contribution in [2.24, 2.45) is 0 Å². The average Bonchev–Trinajstić information content (AvgIpc) is 2.82. The maximum Gasteiger partial charge on any atom is 0.256 e. The van der Waals surface area contributed by atoms with Crippen molar-refractivity contribution < 1.29 is 9.53 Å². The molecule has 1 amide bonds. The minimum absolute atomic E-state index is 0.144. The summed E-state index contributed by atoms with van der Waals surface area (Å²) in [6.07, 6.45) is 4.69. The van der Waals surface area contributed by atoms with Gasteiger partial charge in [-0.25, -0.2) is 0 Å². The summed E-state index contributed by atoms with van der Waals surface area (Å²) in [6, 6.07) is 25.5. The number of nitrogens with one attached hydrogen (secondary N) is 1. The predicted molar refractivity (Wildman–Crippen MR) is 126 cm³/mol. The van der Waals surface area contributed by atoms with Gasteiger partial charge in [0.05, 0.1) is 11.2 Å². The summed E-state index contributed by atoms with van der Waals surface area (Å²) >= 11 is 0. The first-order valence-corrected chi connectivity index (χ1v) is 10.7. The van der Waals surface area contributed by atoms with E-state index in [1.54, 1.807) is 6.20 Å². The van der Waals surface area contributed by atoms with E-state index in [1.165, 1.54) is 0 Å². The molecule has 0 bridgehead atoms. The van der Waals surface area contributed by atoms with E-state index in [-0.39, 0.29) is 5.91 Å². The van der Waals surface area contributed by atoms with Gasteiger partial charge in [-0.2, -0.15) is 0 Å². The lowest BCUT2D eigenvalue weighted by Gasteiger charge is -2.14. The zero-order valence-electron chi connectivity index (χ0n) is 17.7. The number of ether oxygens (including phenoxy) is 1. The molecular formula is C27H26N2O2. The fraction of sp³-hybridized carbons (Fsp3) is 0.185. The molecule has 4 nitrogen and oxygen atoms in total. The normalized spacial score (nSPS) is 10.7. The van der Waals surface area contributed by atoms with Crippen molar-refractivity contribution in [1.29, 1.82) is 0 Å². The van der Waals surface area contributed by atoms with Gasteiger partial charge in [0.25, 0.3) is 5.91 Å². The number of para-hydroxylation sites is 1. The molecule has 4 rings (SSSR count). The quantitative estimate of drug-likeness (QED) is 0.365. The van der Waals surface area contributed by atoms with Crippen molar-refractivity contribution in [3.8, 4) is 5.75 Å². The Labute approximate surface area is 182 Å². The van der Waals surface area contributed by atoms with E-state index in [9.17, 15) is 4.79 Å². The lowest BCUT2D eigenvalue weighted by molar-refractivity contribution is 0.102. The molecule has 1 heterocycles. The van der Waals surface area contributed by atoms with E-state index >= 15 is 0 Å². The molecule has 0 fully saturated rings. The Morgan fingerprint density at radius 3 is 2.65 bits per heavy atom. The Balaban J connectivity index is 1.59. The van der Waals surface area contributed by atoms with Crippen molar-refractivity contribution in [3.05, 3.63) is 102 Å². The highest BCUT2D eigenvalue weighted by atomic mass is 16.5. The molecule has 0 aliphatic carbocycles. The predicted octanol–water partition coefficient (Wildman–Crippen LogP) is 6.41. The van der Waals surface area contributed by atoms with E-state index < -0.39 is 0 Å². The number of aromatic nitrogens is 1. The number of fused-ring (bicyclic) bond motifs is 1. The maximum atomic E-state index is 13.3. The van der Waals surface area contributed by atoms with Crippen LogP contribution in [0.15, 0.2) is 85.1 Å². The number of nitrogens with zero attached hydrogens (tertiary/aromatic N) is 1. The molecule has 31 heavy (non-hydrogen) atoms. The third-order valence-electron chi connectivity index (χ3n) is 5.25. The second kappa shape index (κ2) is 9.90. The van der Waals surface area contributed by atoms with Gasteiger partial charge in [0.15, 0.2) is 0 Å². The fourth-order valence-electron chi connectivity index (χ4n) is 3.58. The third kappa shape index (κ3) is 5.10. The number of rotatable bonds is 8. The van der Waals surface area contributed by atoms with Crippen LogP contribution in [-0.2, 0) is 13.0 Å². The molecule has 0 aliphatic rings. The highest BCUT2D eigenvalue weighted by Gasteiger charge is 2.15. The largest absolute Gasteiger partial charge is 0.489 e. The Morgan fingerprint density at radius 1 is 0.968 bits per heavy atom. The number of carbonyl (C=O) groups is 1. The van der Waals surface area contributed by atoms with Gasteiger partial charge in [0.1, 0.15) is 12.4 Å². The standard InChI is InChI=1S/C27H26N2O2/c1-2-3-11-21-15-16-23(31-19-20-9-5-4-6-10-20)18-24(21)27(30)29-25-14-7-12-22-13-8-17-28-26(22)25/h4-10,12-18H,2-3,11,19H2,1H3,(H,29,30). The Kier molecular flexibility index (Phi) is 6.58. The number of hydrogen-bond acceptors (Lipinski definition) is 3. The van der Waals surface area contributed by atoms with Crippen LogP contribution in [0.4, 0.5) is 5.69 Å². The van der Waals surface area contributed by atoms with Gasteiger partial charge in [0, 0.05) is 17.1 Å². The van der Waals surface area contributed by atoms with Gasteiger partial charge < -0.3 is 10.1 Å². The molecule has 0 radical (unpaired) electrons. The van der Waals surface area contributed by atoms with Crippen molar-refractivity contribution >= 4 is 22.5 Å². The topological polar surface area (TPSA) is 51.2 Å². The number of hydrogen-bond donors (Lipinski definition) is 1. The molecule has 1 aromatic heterocycles. The summed E-state index contributed by atoms with van der Waals surface area (Å²) in [5, 5.41) is 4.05. The van der Waals surface area contributed by atoms with Gasteiger partial charge >= 0.3 is 0 Å². The average molecular weight is 411 g/mol. The molecule has 0 spiro atoms. The van der Waals surface area contributed by atoms with Crippen LogP contribution in [0.2, 0.25) is 0 Å². The highest BCUT2D eigenvalue weighted by Crippen LogP contribution is 2.25. The van der Waals surface area contributed by atoms with Gasteiger partial charge in [-0.1, -0.05) is 67.9 Å². The highest BCUT2D eigenvalue weighted by molar-refractivity contribution is 6.09. The molecule has 0 saturated heterocycles. The van der Waals surface area contributed by atoms with Crippen molar-refractivity contribution in [3.63, 3.8) is 0 Å².